The van der Waals surface area contributed by atoms with Crippen LogP contribution in [0.2, 0.25) is 0 Å². The van der Waals surface area contributed by atoms with Gasteiger partial charge in [-0.05, 0) is 6.42 Å². The molecule has 2 nitrogen and oxygen atoms in total. The van der Waals surface area contributed by atoms with Gasteiger partial charge in [-0.1, -0.05) is 29.8 Å². The standard InChI is InChI=1S/C7H13BrO2/c1-7(2)3-5(4-8)10-6(7)9/h5-6,9H,3-4H2,1-2H3. The quantitative estimate of drug-likeness (QED) is 0.663. The highest BCUT2D eigenvalue weighted by Crippen LogP contribution is 2.36. The number of aliphatic hydroxyl groups excluding tert-OH is 1. The molecule has 0 aromatic rings. The fourth-order valence-corrected chi connectivity index (χ4v) is 1.57. The van der Waals surface area contributed by atoms with Crippen molar-refractivity contribution in [3.8, 4) is 0 Å². The lowest BCUT2D eigenvalue weighted by atomic mass is 9.89. The summed E-state index contributed by atoms with van der Waals surface area (Å²) in [7, 11) is 0. The Balaban J connectivity index is 2.53. The van der Waals surface area contributed by atoms with Crippen molar-refractivity contribution in [2.45, 2.75) is 32.7 Å². The van der Waals surface area contributed by atoms with Crippen molar-refractivity contribution in [2.75, 3.05) is 5.33 Å². The van der Waals surface area contributed by atoms with Gasteiger partial charge in [-0.3, -0.25) is 0 Å². The smallest absolute Gasteiger partial charge is 0.160 e. The normalized spacial score (nSPS) is 38.4. The van der Waals surface area contributed by atoms with E-state index in [1.54, 1.807) is 0 Å². The van der Waals surface area contributed by atoms with Gasteiger partial charge in [-0.25, -0.2) is 0 Å². The molecule has 60 valence electrons. The van der Waals surface area contributed by atoms with Crippen molar-refractivity contribution in [1.82, 2.24) is 0 Å². The third-order valence-corrected chi connectivity index (χ3v) is 2.64. The maximum atomic E-state index is 9.32. The molecular weight excluding hydrogens is 196 g/mol. The summed E-state index contributed by atoms with van der Waals surface area (Å²) in [6.45, 7) is 4.03. The highest BCUT2D eigenvalue weighted by molar-refractivity contribution is 9.09. The molecule has 1 heterocycles. The Bertz CT molecular complexity index is 125. The molecule has 1 fully saturated rings. The molecule has 2 atom stereocenters. The van der Waals surface area contributed by atoms with E-state index < -0.39 is 6.29 Å². The Hall–Kier alpha value is 0.400. The zero-order valence-corrected chi connectivity index (χ0v) is 7.89. The third kappa shape index (κ3) is 1.52. The molecule has 0 aromatic carbocycles. The lowest BCUT2D eigenvalue weighted by molar-refractivity contribution is -0.122. The average molecular weight is 209 g/mol. The van der Waals surface area contributed by atoms with Gasteiger partial charge in [-0.15, -0.1) is 0 Å². The van der Waals surface area contributed by atoms with Gasteiger partial charge in [0.2, 0.25) is 0 Å². The topological polar surface area (TPSA) is 29.5 Å². The van der Waals surface area contributed by atoms with E-state index in [2.05, 4.69) is 15.9 Å². The van der Waals surface area contributed by atoms with Gasteiger partial charge in [0.15, 0.2) is 6.29 Å². The summed E-state index contributed by atoms with van der Waals surface area (Å²) in [6.07, 6.45) is 0.527. The first-order chi connectivity index (χ1) is 4.56. The summed E-state index contributed by atoms with van der Waals surface area (Å²) in [5.74, 6) is 0. The fraction of sp³-hybridized carbons (Fsp3) is 1.00. The Morgan fingerprint density at radius 3 is 2.50 bits per heavy atom. The lowest BCUT2D eigenvalue weighted by Gasteiger charge is -2.18. The van der Waals surface area contributed by atoms with E-state index in [9.17, 15) is 5.11 Å². The largest absolute Gasteiger partial charge is 0.367 e. The van der Waals surface area contributed by atoms with Crippen LogP contribution in [0.15, 0.2) is 0 Å². The zero-order valence-electron chi connectivity index (χ0n) is 6.30. The number of alkyl halides is 1. The van der Waals surface area contributed by atoms with Gasteiger partial charge in [0, 0.05) is 10.7 Å². The predicted octanol–water partition coefficient (Wildman–Crippen LogP) is 1.51. The van der Waals surface area contributed by atoms with Crippen LogP contribution in [-0.4, -0.2) is 22.8 Å². The van der Waals surface area contributed by atoms with Gasteiger partial charge < -0.3 is 9.84 Å². The molecule has 0 spiro atoms. The van der Waals surface area contributed by atoms with E-state index in [0.717, 1.165) is 11.8 Å². The van der Waals surface area contributed by atoms with Crippen molar-refractivity contribution < 1.29 is 9.84 Å². The molecule has 1 aliphatic rings. The summed E-state index contributed by atoms with van der Waals surface area (Å²) in [6, 6.07) is 0. The van der Waals surface area contributed by atoms with Crippen LogP contribution in [0.1, 0.15) is 20.3 Å². The first kappa shape index (κ1) is 8.50. The average Bonchev–Trinajstić information content (AvgIpc) is 2.08. The molecule has 1 aliphatic heterocycles. The minimum Gasteiger partial charge on any atom is -0.367 e. The van der Waals surface area contributed by atoms with Crippen LogP contribution >= 0.6 is 15.9 Å². The third-order valence-electron chi connectivity index (χ3n) is 1.92. The number of aliphatic hydroxyl groups is 1. The van der Waals surface area contributed by atoms with Crippen molar-refractivity contribution in [1.29, 1.82) is 0 Å². The molecule has 2 unspecified atom stereocenters. The summed E-state index contributed by atoms with van der Waals surface area (Å²) in [5.41, 5.74) is -0.0710. The summed E-state index contributed by atoms with van der Waals surface area (Å²) in [5, 5.41) is 10.1. The maximum absolute atomic E-state index is 9.32. The predicted molar refractivity (Wildman–Crippen MR) is 43.1 cm³/mol. The van der Waals surface area contributed by atoms with Crippen molar-refractivity contribution in [3.05, 3.63) is 0 Å². The number of halogens is 1. The van der Waals surface area contributed by atoms with Crippen LogP contribution in [0.25, 0.3) is 0 Å². The van der Waals surface area contributed by atoms with Crippen molar-refractivity contribution >= 4 is 15.9 Å². The first-order valence-corrected chi connectivity index (χ1v) is 4.58. The van der Waals surface area contributed by atoms with Gasteiger partial charge in [0.25, 0.3) is 0 Å². The second kappa shape index (κ2) is 2.80. The molecule has 0 saturated carbocycles. The van der Waals surface area contributed by atoms with E-state index in [-0.39, 0.29) is 11.5 Å². The molecule has 1 rings (SSSR count). The molecule has 0 amide bonds. The zero-order chi connectivity index (χ0) is 7.78. The Morgan fingerprint density at radius 1 is 1.70 bits per heavy atom. The highest BCUT2D eigenvalue weighted by atomic mass is 79.9. The molecular formula is C7H13BrO2. The van der Waals surface area contributed by atoms with E-state index in [4.69, 9.17) is 4.74 Å². The summed E-state index contributed by atoms with van der Waals surface area (Å²) >= 11 is 3.32. The molecule has 10 heavy (non-hydrogen) atoms. The Labute approximate surface area is 69.7 Å². The molecule has 0 aromatic heterocycles. The number of hydrogen-bond donors (Lipinski definition) is 1. The van der Waals surface area contributed by atoms with E-state index >= 15 is 0 Å². The monoisotopic (exact) mass is 208 g/mol. The van der Waals surface area contributed by atoms with Crippen molar-refractivity contribution in [3.63, 3.8) is 0 Å². The minimum absolute atomic E-state index is 0.0710. The van der Waals surface area contributed by atoms with Gasteiger partial charge in [-0.2, -0.15) is 0 Å². The molecule has 0 radical (unpaired) electrons. The van der Waals surface area contributed by atoms with Gasteiger partial charge >= 0.3 is 0 Å². The van der Waals surface area contributed by atoms with Crippen LogP contribution in [0.4, 0.5) is 0 Å². The van der Waals surface area contributed by atoms with Crippen LogP contribution in [-0.2, 0) is 4.74 Å². The minimum atomic E-state index is -0.588. The summed E-state index contributed by atoms with van der Waals surface area (Å²) in [4.78, 5) is 0. The number of hydrogen-bond acceptors (Lipinski definition) is 2. The molecule has 0 aliphatic carbocycles. The van der Waals surface area contributed by atoms with Crippen molar-refractivity contribution in [2.24, 2.45) is 5.41 Å². The van der Waals surface area contributed by atoms with Gasteiger partial charge in [0.1, 0.15) is 0 Å². The Morgan fingerprint density at radius 2 is 2.30 bits per heavy atom. The van der Waals surface area contributed by atoms with E-state index in [1.807, 2.05) is 13.8 Å². The number of ether oxygens (including phenoxy) is 1. The highest BCUT2D eigenvalue weighted by Gasteiger charge is 2.39. The SMILES string of the molecule is CC1(C)CC(CBr)OC1O. The second-order valence-electron chi connectivity index (χ2n) is 3.46. The molecule has 0 bridgehead atoms. The molecule has 1 N–H and O–H groups in total. The van der Waals surface area contributed by atoms with Gasteiger partial charge in [0.05, 0.1) is 6.10 Å². The Kier molecular flexibility index (Phi) is 2.38. The fourth-order valence-electron chi connectivity index (χ4n) is 1.19. The maximum Gasteiger partial charge on any atom is 0.160 e. The second-order valence-corrected chi connectivity index (χ2v) is 4.10. The molecule has 1 saturated heterocycles. The van der Waals surface area contributed by atoms with E-state index in [0.29, 0.717) is 0 Å². The van der Waals surface area contributed by atoms with Crippen LogP contribution < -0.4 is 0 Å². The first-order valence-electron chi connectivity index (χ1n) is 3.46. The molecule has 3 heteroatoms. The van der Waals surface area contributed by atoms with E-state index in [1.165, 1.54) is 0 Å². The van der Waals surface area contributed by atoms with Crippen LogP contribution in [0.5, 0.6) is 0 Å². The van der Waals surface area contributed by atoms with Crippen LogP contribution in [0.3, 0.4) is 0 Å². The lowest BCUT2D eigenvalue weighted by Crippen LogP contribution is -2.23. The van der Waals surface area contributed by atoms with Crippen LogP contribution in [0, 0.1) is 5.41 Å². The summed E-state index contributed by atoms with van der Waals surface area (Å²) < 4.78 is 5.23. The number of rotatable bonds is 1.